The predicted molar refractivity (Wildman–Crippen MR) is 111 cm³/mol. The van der Waals surface area contributed by atoms with E-state index in [0.29, 0.717) is 30.2 Å². The van der Waals surface area contributed by atoms with Crippen LogP contribution in [0.4, 0.5) is 4.39 Å². The highest BCUT2D eigenvalue weighted by molar-refractivity contribution is 14.0. The third-order valence-electron chi connectivity index (χ3n) is 3.57. The standard InChI is InChI=1S/C19H21FN4O.HI/c1-3-25-18-7-5-4-6-16(18)13-24-19(22-2)23-12-15-9-8-14(11-21)10-17(15)20;/h4-10H,3,12-13H2,1-2H3,(H2,22,23,24);1H. The van der Waals surface area contributed by atoms with Crippen molar-refractivity contribution in [2.75, 3.05) is 13.7 Å². The van der Waals surface area contributed by atoms with Gasteiger partial charge in [0.25, 0.3) is 0 Å². The summed E-state index contributed by atoms with van der Waals surface area (Å²) in [5, 5.41) is 15.0. The third kappa shape index (κ3) is 6.19. The first-order chi connectivity index (χ1) is 12.2. The van der Waals surface area contributed by atoms with Gasteiger partial charge >= 0.3 is 0 Å². The van der Waals surface area contributed by atoms with Gasteiger partial charge in [-0.15, -0.1) is 24.0 Å². The Labute approximate surface area is 170 Å². The van der Waals surface area contributed by atoms with E-state index in [1.54, 1.807) is 19.2 Å². The highest BCUT2D eigenvalue weighted by Crippen LogP contribution is 2.17. The van der Waals surface area contributed by atoms with E-state index >= 15 is 0 Å². The van der Waals surface area contributed by atoms with E-state index in [4.69, 9.17) is 10.00 Å². The van der Waals surface area contributed by atoms with Crippen LogP contribution in [0.3, 0.4) is 0 Å². The average Bonchev–Trinajstić information content (AvgIpc) is 2.64. The number of nitrogens with zero attached hydrogens (tertiary/aromatic N) is 2. The molecule has 0 saturated heterocycles. The Hall–Kier alpha value is -2.34. The van der Waals surface area contributed by atoms with Crippen molar-refractivity contribution >= 4 is 29.9 Å². The van der Waals surface area contributed by atoms with Crippen LogP contribution in [-0.4, -0.2) is 19.6 Å². The summed E-state index contributed by atoms with van der Waals surface area (Å²) in [4.78, 5) is 4.14. The van der Waals surface area contributed by atoms with Gasteiger partial charge in [-0.05, 0) is 25.1 Å². The van der Waals surface area contributed by atoms with Crippen molar-refractivity contribution in [3.8, 4) is 11.8 Å². The highest BCUT2D eigenvalue weighted by atomic mass is 127. The van der Waals surface area contributed by atoms with Gasteiger partial charge in [0, 0.05) is 31.3 Å². The molecule has 2 rings (SSSR count). The van der Waals surface area contributed by atoms with Gasteiger partial charge in [-0.25, -0.2) is 4.39 Å². The van der Waals surface area contributed by atoms with Gasteiger partial charge in [-0.2, -0.15) is 5.26 Å². The molecule has 0 unspecified atom stereocenters. The Balaban J connectivity index is 0.00000338. The van der Waals surface area contributed by atoms with Crippen LogP contribution in [0, 0.1) is 17.1 Å². The minimum atomic E-state index is -0.413. The fourth-order valence-electron chi connectivity index (χ4n) is 2.28. The Morgan fingerprint density at radius 1 is 1.15 bits per heavy atom. The number of hydrogen-bond donors (Lipinski definition) is 2. The molecule has 0 aliphatic carbocycles. The summed E-state index contributed by atoms with van der Waals surface area (Å²) in [6.45, 7) is 3.34. The largest absolute Gasteiger partial charge is 0.494 e. The Morgan fingerprint density at radius 3 is 2.46 bits per heavy atom. The van der Waals surface area contributed by atoms with Gasteiger partial charge < -0.3 is 15.4 Å². The lowest BCUT2D eigenvalue weighted by Crippen LogP contribution is -2.36. The number of hydrogen-bond acceptors (Lipinski definition) is 3. The van der Waals surface area contributed by atoms with Crippen LogP contribution < -0.4 is 15.4 Å². The number of halogens is 2. The number of rotatable bonds is 6. The number of nitriles is 1. The molecule has 0 bridgehead atoms. The summed E-state index contributed by atoms with van der Waals surface area (Å²) >= 11 is 0. The van der Waals surface area contributed by atoms with Crippen molar-refractivity contribution in [3.63, 3.8) is 0 Å². The molecule has 5 nitrogen and oxygen atoms in total. The molecule has 0 fully saturated rings. The van der Waals surface area contributed by atoms with Crippen LogP contribution in [0.5, 0.6) is 5.75 Å². The molecule has 0 atom stereocenters. The summed E-state index contributed by atoms with van der Waals surface area (Å²) in [6, 6.07) is 14.1. The average molecular weight is 468 g/mol. The van der Waals surface area contributed by atoms with E-state index in [2.05, 4.69) is 15.6 Å². The molecule has 0 saturated carbocycles. The van der Waals surface area contributed by atoms with E-state index in [0.717, 1.165) is 11.3 Å². The van der Waals surface area contributed by atoms with Gasteiger partial charge in [0.05, 0.1) is 18.2 Å². The zero-order valence-corrected chi connectivity index (χ0v) is 17.1. The van der Waals surface area contributed by atoms with Gasteiger partial charge in [0.2, 0.25) is 0 Å². The third-order valence-corrected chi connectivity index (χ3v) is 3.57. The van der Waals surface area contributed by atoms with Crippen LogP contribution in [-0.2, 0) is 13.1 Å². The zero-order chi connectivity index (χ0) is 18.1. The fourth-order valence-corrected chi connectivity index (χ4v) is 2.28. The Morgan fingerprint density at radius 2 is 1.85 bits per heavy atom. The summed E-state index contributed by atoms with van der Waals surface area (Å²) in [5.74, 6) is 0.963. The molecule has 26 heavy (non-hydrogen) atoms. The van der Waals surface area contributed by atoms with Gasteiger partial charge in [0.15, 0.2) is 5.96 Å². The second-order valence-corrected chi connectivity index (χ2v) is 5.24. The topological polar surface area (TPSA) is 69.4 Å². The van der Waals surface area contributed by atoms with E-state index in [9.17, 15) is 4.39 Å². The molecule has 0 spiro atoms. The smallest absolute Gasteiger partial charge is 0.191 e. The van der Waals surface area contributed by atoms with Gasteiger partial charge in [-0.1, -0.05) is 24.3 Å². The van der Waals surface area contributed by atoms with Crippen LogP contribution in [0.2, 0.25) is 0 Å². The summed E-state index contributed by atoms with van der Waals surface area (Å²) in [6.07, 6.45) is 0. The molecule has 138 valence electrons. The number of nitrogens with one attached hydrogen (secondary N) is 2. The minimum Gasteiger partial charge on any atom is -0.494 e. The van der Waals surface area contributed by atoms with Crippen LogP contribution in [0.25, 0.3) is 0 Å². The monoisotopic (exact) mass is 468 g/mol. The quantitative estimate of drug-likeness (QED) is 0.387. The maximum Gasteiger partial charge on any atom is 0.191 e. The van der Waals surface area contributed by atoms with E-state index in [-0.39, 0.29) is 30.5 Å². The lowest BCUT2D eigenvalue weighted by atomic mass is 10.1. The van der Waals surface area contributed by atoms with Crippen molar-refractivity contribution in [1.82, 2.24) is 10.6 Å². The molecule has 0 aromatic heterocycles. The first kappa shape index (κ1) is 21.7. The number of para-hydroxylation sites is 1. The van der Waals surface area contributed by atoms with Crippen molar-refractivity contribution in [1.29, 1.82) is 5.26 Å². The summed E-state index contributed by atoms with van der Waals surface area (Å²) < 4.78 is 19.5. The van der Waals surface area contributed by atoms with Crippen molar-refractivity contribution in [2.45, 2.75) is 20.0 Å². The fraction of sp³-hybridized carbons (Fsp3) is 0.263. The van der Waals surface area contributed by atoms with Gasteiger partial charge in [-0.3, -0.25) is 4.99 Å². The van der Waals surface area contributed by atoms with Crippen LogP contribution in [0.15, 0.2) is 47.5 Å². The number of aliphatic imine (C=N–C) groups is 1. The lowest BCUT2D eigenvalue weighted by molar-refractivity contribution is 0.336. The predicted octanol–water partition coefficient (Wildman–Crippen LogP) is 3.58. The molecule has 2 N–H and O–H groups in total. The maximum atomic E-state index is 13.9. The first-order valence-electron chi connectivity index (χ1n) is 8.01. The molecule has 7 heteroatoms. The van der Waals surface area contributed by atoms with Gasteiger partial charge in [0.1, 0.15) is 11.6 Å². The molecular formula is C19H22FIN4O. The van der Waals surface area contributed by atoms with Crippen molar-refractivity contribution in [3.05, 3.63) is 65.0 Å². The van der Waals surface area contributed by atoms with Crippen LogP contribution in [0.1, 0.15) is 23.6 Å². The Kier molecular flexibility index (Phi) is 9.44. The van der Waals surface area contributed by atoms with Crippen molar-refractivity contribution in [2.24, 2.45) is 4.99 Å². The normalized spacial score (nSPS) is 10.5. The SMILES string of the molecule is CCOc1ccccc1CNC(=NC)NCc1ccc(C#N)cc1F.I. The minimum absolute atomic E-state index is 0. The number of benzene rings is 2. The van der Waals surface area contributed by atoms with E-state index in [1.807, 2.05) is 37.3 Å². The maximum absolute atomic E-state index is 13.9. The lowest BCUT2D eigenvalue weighted by Gasteiger charge is -2.14. The molecule has 0 amide bonds. The molecule has 0 aliphatic heterocycles. The second-order valence-electron chi connectivity index (χ2n) is 5.24. The molecule has 0 radical (unpaired) electrons. The molecule has 0 aliphatic rings. The molecule has 0 heterocycles. The molecule has 2 aromatic carbocycles. The van der Waals surface area contributed by atoms with Crippen LogP contribution >= 0.6 is 24.0 Å². The highest BCUT2D eigenvalue weighted by Gasteiger charge is 2.06. The van der Waals surface area contributed by atoms with E-state index in [1.165, 1.54) is 6.07 Å². The zero-order valence-electron chi connectivity index (χ0n) is 14.8. The molecule has 2 aromatic rings. The van der Waals surface area contributed by atoms with E-state index < -0.39 is 5.82 Å². The first-order valence-corrected chi connectivity index (χ1v) is 8.01. The number of ether oxygens (including phenoxy) is 1. The second kappa shape index (κ2) is 11.3. The number of guanidine groups is 1. The molecular weight excluding hydrogens is 446 g/mol. The van der Waals surface area contributed by atoms with Crippen molar-refractivity contribution < 1.29 is 9.13 Å². The Bertz CT molecular complexity index is 789. The summed E-state index contributed by atoms with van der Waals surface area (Å²) in [7, 11) is 1.65. The summed E-state index contributed by atoms with van der Waals surface area (Å²) in [5.41, 5.74) is 1.78.